The van der Waals surface area contributed by atoms with E-state index < -0.39 is 0 Å². The van der Waals surface area contributed by atoms with Crippen molar-refractivity contribution in [2.45, 2.75) is 19.4 Å². The summed E-state index contributed by atoms with van der Waals surface area (Å²) in [4.78, 5) is 23.9. The van der Waals surface area contributed by atoms with Crippen LogP contribution < -0.4 is 10.6 Å². The van der Waals surface area contributed by atoms with Crippen molar-refractivity contribution < 1.29 is 14.0 Å². The first-order chi connectivity index (χ1) is 11.5. The van der Waals surface area contributed by atoms with Crippen LogP contribution in [0, 0.1) is 5.82 Å². The van der Waals surface area contributed by atoms with Gasteiger partial charge in [0, 0.05) is 13.0 Å². The van der Waals surface area contributed by atoms with E-state index in [0.717, 1.165) is 5.56 Å². The molecule has 0 saturated heterocycles. The van der Waals surface area contributed by atoms with Crippen molar-refractivity contribution in [3.63, 3.8) is 0 Å². The first-order valence-corrected chi connectivity index (χ1v) is 7.92. The van der Waals surface area contributed by atoms with E-state index in [0.29, 0.717) is 10.6 Å². The standard InChI is InChI=1S/C18H18ClFN2O2/c1-12(13-6-8-14(20)9-7-13)22-17(23)10-11-21-18(24)15-4-2-3-5-16(15)19/h2-9,12H,10-11H2,1H3,(H,21,24)(H,22,23). The van der Waals surface area contributed by atoms with Crippen molar-refractivity contribution in [3.8, 4) is 0 Å². The molecule has 1 atom stereocenters. The van der Waals surface area contributed by atoms with Crippen molar-refractivity contribution in [1.29, 1.82) is 0 Å². The molecule has 1 unspecified atom stereocenters. The summed E-state index contributed by atoms with van der Waals surface area (Å²) < 4.78 is 12.9. The highest BCUT2D eigenvalue weighted by Crippen LogP contribution is 2.15. The van der Waals surface area contributed by atoms with Crippen LogP contribution in [0.5, 0.6) is 0 Å². The second-order valence-electron chi connectivity index (χ2n) is 5.33. The summed E-state index contributed by atoms with van der Waals surface area (Å²) in [6.45, 7) is 2.01. The zero-order valence-electron chi connectivity index (χ0n) is 13.2. The average molecular weight is 349 g/mol. The maximum absolute atomic E-state index is 12.9. The fourth-order valence-corrected chi connectivity index (χ4v) is 2.40. The molecule has 0 heterocycles. The topological polar surface area (TPSA) is 58.2 Å². The van der Waals surface area contributed by atoms with Crippen molar-refractivity contribution >= 4 is 23.4 Å². The summed E-state index contributed by atoms with van der Waals surface area (Å²) in [5.41, 5.74) is 1.18. The van der Waals surface area contributed by atoms with Gasteiger partial charge in [-0.25, -0.2) is 4.39 Å². The van der Waals surface area contributed by atoms with Crippen molar-refractivity contribution in [2.75, 3.05) is 6.54 Å². The highest BCUT2D eigenvalue weighted by molar-refractivity contribution is 6.33. The number of rotatable bonds is 6. The zero-order chi connectivity index (χ0) is 17.5. The molecule has 0 aromatic heterocycles. The summed E-state index contributed by atoms with van der Waals surface area (Å²) in [5, 5.41) is 5.82. The SMILES string of the molecule is CC(NC(=O)CCNC(=O)c1ccccc1Cl)c1ccc(F)cc1. The lowest BCUT2D eigenvalue weighted by Gasteiger charge is -2.14. The molecule has 0 radical (unpaired) electrons. The fraction of sp³-hybridized carbons (Fsp3) is 0.222. The van der Waals surface area contributed by atoms with Crippen LogP contribution in [0.25, 0.3) is 0 Å². The van der Waals surface area contributed by atoms with Crippen LogP contribution >= 0.6 is 11.6 Å². The van der Waals surface area contributed by atoms with Gasteiger partial charge in [-0.1, -0.05) is 35.9 Å². The molecule has 0 spiro atoms. The quantitative estimate of drug-likeness (QED) is 0.839. The molecule has 0 aliphatic rings. The van der Waals surface area contributed by atoms with Gasteiger partial charge in [0.15, 0.2) is 0 Å². The number of carbonyl (C=O) groups is 2. The monoisotopic (exact) mass is 348 g/mol. The van der Waals surface area contributed by atoms with Crippen LogP contribution in [0.2, 0.25) is 5.02 Å². The molecule has 2 aromatic carbocycles. The molecule has 2 amide bonds. The van der Waals surface area contributed by atoms with Crippen molar-refractivity contribution in [1.82, 2.24) is 10.6 Å². The Labute approximate surface area is 145 Å². The third kappa shape index (κ3) is 5.06. The molecule has 2 N–H and O–H groups in total. The van der Waals surface area contributed by atoms with Crippen LogP contribution in [0.15, 0.2) is 48.5 Å². The van der Waals surface area contributed by atoms with Crippen LogP contribution in [0.3, 0.4) is 0 Å². The minimum atomic E-state index is -0.320. The summed E-state index contributed by atoms with van der Waals surface area (Å²) >= 11 is 5.94. The number of benzene rings is 2. The van der Waals surface area contributed by atoms with Crippen LogP contribution in [-0.2, 0) is 4.79 Å². The zero-order valence-corrected chi connectivity index (χ0v) is 13.9. The Kier molecular flexibility index (Phi) is 6.32. The molecule has 0 aliphatic heterocycles. The van der Waals surface area contributed by atoms with Gasteiger partial charge in [0.2, 0.25) is 5.91 Å². The Morgan fingerprint density at radius 1 is 1.12 bits per heavy atom. The van der Waals surface area contributed by atoms with Gasteiger partial charge in [0.05, 0.1) is 16.6 Å². The number of hydrogen-bond acceptors (Lipinski definition) is 2. The average Bonchev–Trinajstić information content (AvgIpc) is 2.55. The van der Waals surface area contributed by atoms with E-state index in [-0.39, 0.29) is 36.6 Å². The van der Waals surface area contributed by atoms with E-state index in [1.54, 1.807) is 36.4 Å². The Bertz CT molecular complexity index is 719. The molecule has 0 fully saturated rings. The summed E-state index contributed by atoms with van der Waals surface area (Å²) in [6.07, 6.45) is 0.141. The first kappa shape index (κ1) is 17.9. The molecular weight excluding hydrogens is 331 g/mol. The first-order valence-electron chi connectivity index (χ1n) is 7.55. The molecule has 4 nitrogen and oxygen atoms in total. The van der Waals surface area contributed by atoms with Crippen molar-refractivity contribution in [2.24, 2.45) is 0 Å². The molecular formula is C18H18ClFN2O2. The maximum Gasteiger partial charge on any atom is 0.252 e. The van der Waals surface area contributed by atoms with E-state index >= 15 is 0 Å². The van der Waals surface area contributed by atoms with E-state index in [1.807, 2.05) is 6.92 Å². The summed E-state index contributed by atoms with van der Waals surface area (Å²) in [7, 11) is 0. The Hall–Kier alpha value is -2.40. The summed E-state index contributed by atoms with van der Waals surface area (Å²) in [6, 6.07) is 12.4. The third-order valence-corrected chi connectivity index (χ3v) is 3.83. The second-order valence-corrected chi connectivity index (χ2v) is 5.73. The minimum Gasteiger partial charge on any atom is -0.351 e. The lowest BCUT2D eigenvalue weighted by Crippen LogP contribution is -2.32. The molecule has 0 saturated carbocycles. The van der Waals surface area contributed by atoms with Gasteiger partial charge in [-0.3, -0.25) is 9.59 Å². The van der Waals surface area contributed by atoms with Gasteiger partial charge < -0.3 is 10.6 Å². The lowest BCUT2D eigenvalue weighted by atomic mass is 10.1. The summed E-state index contributed by atoms with van der Waals surface area (Å²) in [5.74, 6) is -0.842. The van der Waals surface area contributed by atoms with Crippen LogP contribution in [-0.4, -0.2) is 18.4 Å². The lowest BCUT2D eigenvalue weighted by molar-refractivity contribution is -0.121. The predicted octanol–water partition coefficient (Wildman–Crippen LogP) is 3.48. The van der Waals surface area contributed by atoms with E-state index in [9.17, 15) is 14.0 Å². The Morgan fingerprint density at radius 3 is 2.46 bits per heavy atom. The largest absolute Gasteiger partial charge is 0.351 e. The third-order valence-electron chi connectivity index (χ3n) is 3.50. The molecule has 24 heavy (non-hydrogen) atoms. The van der Waals surface area contributed by atoms with Gasteiger partial charge in [-0.15, -0.1) is 0 Å². The van der Waals surface area contributed by atoms with E-state index in [1.165, 1.54) is 12.1 Å². The molecule has 2 rings (SSSR count). The van der Waals surface area contributed by atoms with Gasteiger partial charge in [0.25, 0.3) is 5.91 Å². The van der Waals surface area contributed by atoms with Gasteiger partial charge >= 0.3 is 0 Å². The molecule has 126 valence electrons. The fourth-order valence-electron chi connectivity index (χ4n) is 2.18. The highest BCUT2D eigenvalue weighted by atomic mass is 35.5. The normalized spacial score (nSPS) is 11.6. The predicted molar refractivity (Wildman–Crippen MR) is 91.4 cm³/mol. The van der Waals surface area contributed by atoms with Crippen molar-refractivity contribution in [3.05, 3.63) is 70.5 Å². The molecule has 0 bridgehead atoms. The molecule has 6 heteroatoms. The number of carbonyl (C=O) groups excluding carboxylic acids is 2. The van der Waals surface area contributed by atoms with Crippen LogP contribution in [0.1, 0.15) is 35.3 Å². The number of nitrogens with one attached hydrogen (secondary N) is 2. The van der Waals surface area contributed by atoms with Gasteiger partial charge in [0.1, 0.15) is 5.82 Å². The van der Waals surface area contributed by atoms with Gasteiger partial charge in [-0.05, 0) is 36.8 Å². The second kappa shape index (κ2) is 8.45. The van der Waals surface area contributed by atoms with Crippen LogP contribution in [0.4, 0.5) is 4.39 Å². The van der Waals surface area contributed by atoms with E-state index in [4.69, 9.17) is 11.6 Å². The maximum atomic E-state index is 12.9. The highest BCUT2D eigenvalue weighted by Gasteiger charge is 2.12. The van der Waals surface area contributed by atoms with Gasteiger partial charge in [-0.2, -0.15) is 0 Å². The smallest absolute Gasteiger partial charge is 0.252 e. The number of amides is 2. The Morgan fingerprint density at radius 2 is 1.79 bits per heavy atom. The number of hydrogen-bond donors (Lipinski definition) is 2. The Balaban J connectivity index is 1.78. The molecule has 2 aromatic rings. The van der Waals surface area contributed by atoms with E-state index in [2.05, 4.69) is 10.6 Å². The minimum absolute atomic E-state index is 0.141. The number of halogens is 2. The molecule has 0 aliphatic carbocycles.